The number of phenolic OH excluding ortho intramolecular Hbond substituents is 1. The molecule has 1 aliphatic carbocycles. The van der Waals surface area contributed by atoms with Crippen LogP contribution >= 0.6 is 0 Å². The third-order valence-corrected chi connectivity index (χ3v) is 16.1. The second-order valence-corrected chi connectivity index (χ2v) is 19.5. The molecule has 2 N–H and O–H groups in total. The number of phenols is 1. The molecule has 6 heterocycles. The lowest BCUT2D eigenvalue weighted by Crippen LogP contribution is -2.52. The van der Waals surface area contributed by atoms with Crippen molar-refractivity contribution in [1.82, 2.24) is 15.1 Å². The number of aromatic hydroxyl groups is 1. The Kier molecular flexibility index (Phi) is 10.3. The Morgan fingerprint density at radius 1 is 0.841 bits per heavy atom. The molecule has 0 aromatic heterocycles. The molecule has 11 nitrogen and oxygen atoms in total. The van der Waals surface area contributed by atoms with Gasteiger partial charge in [0.2, 0.25) is 11.8 Å². The largest absolute Gasteiger partial charge is 0.508 e. The molecule has 11 rings (SSSR count). The number of carbonyl (C=O) groups is 3. The van der Waals surface area contributed by atoms with Crippen LogP contribution in [0.15, 0.2) is 78.9 Å². The van der Waals surface area contributed by atoms with Gasteiger partial charge in [-0.25, -0.2) is 0 Å². The van der Waals surface area contributed by atoms with Crippen LogP contribution in [0.3, 0.4) is 0 Å². The monoisotopic (exact) mass is 850 g/mol. The molecule has 4 fully saturated rings. The van der Waals surface area contributed by atoms with Crippen LogP contribution in [0.5, 0.6) is 17.2 Å². The van der Waals surface area contributed by atoms with Crippen molar-refractivity contribution in [1.29, 1.82) is 0 Å². The Morgan fingerprint density at radius 2 is 1.63 bits per heavy atom. The van der Waals surface area contributed by atoms with Crippen LogP contribution in [0, 0.1) is 5.92 Å². The van der Waals surface area contributed by atoms with Crippen LogP contribution in [0.1, 0.15) is 113 Å². The number of benzene rings is 4. The first-order valence-electron chi connectivity index (χ1n) is 23.3. The first kappa shape index (κ1) is 40.4. The quantitative estimate of drug-likeness (QED) is 0.186. The zero-order valence-electron chi connectivity index (χ0n) is 36.3. The Labute approximate surface area is 369 Å². The molecule has 4 saturated heterocycles. The minimum Gasteiger partial charge on any atom is -0.508 e. The lowest BCUT2D eigenvalue weighted by Gasteiger charge is -2.47. The number of amides is 3. The standard InChI is InChI=1S/C52H58N4O7/c1-61-44-28-42-48(41-30-56(50(60)47(41)44)43-15-16-45(58)53-49(43)59)62-32-51(42)19-23-54(24-20-51)29-33-17-18-52(63-31-33)21-25-55(26-22-52)37-10-7-35(8-11-37)46-39(34-5-3-2-4-6-34)13-9-36-27-38(57)12-14-40(36)46/h2-8,10-12,14,27-28,33,39,43,46,57H,9,13,15-26,29-32H2,1H3,(H,53,58,59)/t33-,39-,43+,46+/m1/s1. The number of piperidine rings is 3. The lowest BCUT2D eigenvalue weighted by atomic mass is 9.69. The van der Waals surface area contributed by atoms with Crippen LogP contribution in [0.4, 0.5) is 5.69 Å². The molecule has 4 aromatic rings. The molecule has 0 bridgehead atoms. The summed E-state index contributed by atoms with van der Waals surface area (Å²) in [6.07, 6.45) is 8.89. The van der Waals surface area contributed by atoms with Gasteiger partial charge in [0.05, 0.1) is 38.0 Å². The topological polar surface area (TPSA) is 121 Å². The van der Waals surface area contributed by atoms with Gasteiger partial charge in [-0.2, -0.15) is 0 Å². The van der Waals surface area contributed by atoms with Crippen molar-refractivity contribution in [3.8, 4) is 17.2 Å². The maximum absolute atomic E-state index is 13.7. The highest BCUT2D eigenvalue weighted by molar-refractivity contribution is 6.07. The van der Waals surface area contributed by atoms with E-state index in [1.54, 1.807) is 12.0 Å². The molecule has 2 spiro atoms. The number of hydrogen-bond donors (Lipinski definition) is 2. The van der Waals surface area contributed by atoms with Crippen LogP contribution in [0.25, 0.3) is 0 Å². The smallest absolute Gasteiger partial charge is 0.259 e. The zero-order valence-corrected chi connectivity index (χ0v) is 36.3. The molecule has 0 radical (unpaired) electrons. The Bertz CT molecular complexity index is 2410. The summed E-state index contributed by atoms with van der Waals surface area (Å²) >= 11 is 0. The van der Waals surface area contributed by atoms with E-state index in [1.165, 1.54) is 34.4 Å². The third kappa shape index (κ3) is 7.15. The molecule has 0 unspecified atom stereocenters. The number of aryl methyl sites for hydroxylation is 1. The van der Waals surface area contributed by atoms with E-state index in [0.29, 0.717) is 41.9 Å². The summed E-state index contributed by atoms with van der Waals surface area (Å²) in [6.45, 7) is 6.65. The van der Waals surface area contributed by atoms with Gasteiger partial charge in [-0.15, -0.1) is 0 Å². The molecule has 328 valence electrons. The number of rotatable bonds is 7. The molecular formula is C52H58N4O7. The number of fused-ring (bicyclic) bond motifs is 5. The number of imide groups is 1. The van der Waals surface area contributed by atoms with Crippen molar-refractivity contribution in [2.45, 2.75) is 99.6 Å². The fourth-order valence-corrected chi connectivity index (χ4v) is 12.4. The van der Waals surface area contributed by atoms with E-state index in [4.69, 9.17) is 14.2 Å². The Hall–Kier alpha value is -5.39. The molecular weight excluding hydrogens is 793 g/mol. The summed E-state index contributed by atoms with van der Waals surface area (Å²) in [5.74, 6) is 1.86. The van der Waals surface area contributed by atoms with E-state index in [9.17, 15) is 19.5 Å². The Morgan fingerprint density at radius 3 is 2.37 bits per heavy atom. The van der Waals surface area contributed by atoms with Gasteiger partial charge in [-0.05, 0) is 135 Å². The summed E-state index contributed by atoms with van der Waals surface area (Å²) in [5, 5.41) is 12.7. The fourth-order valence-electron chi connectivity index (χ4n) is 12.4. The first-order valence-corrected chi connectivity index (χ1v) is 23.3. The normalized spacial score (nSPS) is 26.3. The summed E-state index contributed by atoms with van der Waals surface area (Å²) in [7, 11) is 1.60. The highest BCUT2D eigenvalue weighted by atomic mass is 16.5. The van der Waals surface area contributed by atoms with E-state index in [1.807, 2.05) is 18.2 Å². The molecule has 4 atom stereocenters. The SMILES string of the molecule is COc1cc2c(c3c1C(=O)N([C@H]1CCC(=O)NC1=O)C3)OCC21CCN(C[C@H]2CCC3(CCN(c4ccc([C@@H]5c6ccc(O)cc6CC[C@@H]5c5ccccc5)cc4)CC3)OC2)CC1. The molecule has 11 heteroatoms. The molecule has 3 amide bonds. The maximum Gasteiger partial charge on any atom is 0.259 e. The second kappa shape index (κ2) is 16.0. The maximum atomic E-state index is 13.7. The summed E-state index contributed by atoms with van der Waals surface area (Å²) in [4.78, 5) is 45.0. The van der Waals surface area contributed by atoms with E-state index in [-0.39, 0.29) is 41.7 Å². The van der Waals surface area contributed by atoms with Crippen molar-refractivity contribution in [3.05, 3.63) is 118 Å². The molecule has 4 aromatic carbocycles. The van der Waals surface area contributed by atoms with E-state index in [2.05, 4.69) is 75.8 Å². The number of carbonyl (C=O) groups excluding carboxylic acids is 3. The second-order valence-electron chi connectivity index (χ2n) is 19.5. The first-order chi connectivity index (χ1) is 30.7. The van der Waals surface area contributed by atoms with E-state index in [0.717, 1.165) is 101 Å². The van der Waals surface area contributed by atoms with Crippen LogP contribution in [-0.4, -0.2) is 97.3 Å². The van der Waals surface area contributed by atoms with Crippen LogP contribution in [0.2, 0.25) is 0 Å². The van der Waals surface area contributed by atoms with Gasteiger partial charge in [-0.3, -0.25) is 19.7 Å². The number of nitrogens with one attached hydrogen (secondary N) is 1. The highest BCUT2D eigenvalue weighted by Gasteiger charge is 2.50. The van der Waals surface area contributed by atoms with Crippen molar-refractivity contribution < 1.29 is 33.7 Å². The van der Waals surface area contributed by atoms with Crippen molar-refractivity contribution >= 4 is 23.4 Å². The van der Waals surface area contributed by atoms with E-state index < -0.39 is 11.9 Å². The minimum atomic E-state index is -0.685. The Balaban J connectivity index is 0.690. The lowest BCUT2D eigenvalue weighted by molar-refractivity contribution is -0.136. The minimum absolute atomic E-state index is 0.0292. The van der Waals surface area contributed by atoms with Gasteiger partial charge in [0.25, 0.3) is 5.91 Å². The number of hydrogen-bond acceptors (Lipinski definition) is 9. The number of ether oxygens (including phenoxy) is 3. The fraction of sp³-hybridized carbons (Fsp3) is 0.481. The van der Waals surface area contributed by atoms with E-state index >= 15 is 0 Å². The number of anilines is 1. The van der Waals surface area contributed by atoms with Gasteiger partial charge in [0.1, 0.15) is 23.3 Å². The van der Waals surface area contributed by atoms with Gasteiger partial charge >= 0.3 is 0 Å². The highest BCUT2D eigenvalue weighted by Crippen LogP contribution is 2.53. The summed E-state index contributed by atoms with van der Waals surface area (Å²) in [6, 6.07) is 27.5. The molecule has 0 saturated carbocycles. The number of nitrogens with zero attached hydrogens (tertiary/aromatic N) is 3. The average Bonchev–Trinajstić information content (AvgIpc) is 3.84. The molecule has 7 aliphatic rings. The summed E-state index contributed by atoms with van der Waals surface area (Å²) in [5.41, 5.74) is 8.82. The zero-order chi connectivity index (χ0) is 42.9. The van der Waals surface area contributed by atoms with Crippen molar-refractivity contribution in [2.24, 2.45) is 5.92 Å². The third-order valence-electron chi connectivity index (χ3n) is 16.1. The van der Waals surface area contributed by atoms with Gasteiger partial charge in [0, 0.05) is 54.2 Å². The van der Waals surface area contributed by atoms with Crippen molar-refractivity contribution in [3.63, 3.8) is 0 Å². The predicted octanol–water partition coefficient (Wildman–Crippen LogP) is 7.22. The predicted molar refractivity (Wildman–Crippen MR) is 239 cm³/mol. The van der Waals surface area contributed by atoms with Crippen molar-refractivity contribution in [2.75, 3.05) is 57.9 Å². The number of methoxy groups -OCH3 is 1. The van der Waals surface area contributed by atoms with Crippen LogP contribution in [-0.2, 0) is 32.7 Å². The average molecular weight is 851 g/mol. The molecule has 6 aliphatic heterocycles. The van der Waals surface area contributed by atoms with Gasteiger partial charge in [-0.1, -0.05) is 48.5 Å². The van der Waals surface area contributed by atoms with Gasteiger partial charge < -0.3 is 34.0 Å². The van der Waals surface area contributed by atoms with Crippen LogP contribution < -0.4 is 19.7 Å². The number of likely N-dealkylation sites (tertiary alicyclic amines) is 1. The molecule has 63 heavy (non-hydrogen) atoms. The van der Waals surface area contributed by atoms with Gasteiger partial charge in [0.15, 0.2) is 0 Å². The summed E-state index contributed by atoms with van der Waals surface area (Å²) < 4.78 is 19.1.